The van der Waals surface area contributed by atoms with Crippen LogP contribution in [-0.4, -0.2) is 23.4 Å². The van der Waals surface area contributed by atoms with Crippen molar-refractivity contribution >= 4 is 12.4 Å². The molecule has 0 amide bonds. The average Bonchev–Trinajstić information content (AvgIpc) is 2.17. The molecule has 86 valence electrons. The molecule has 0 aliphatic carbocycles. The van der Waals surface area contributed by atoms with Gasteiger partial charge in [0.05, 0.1) is 19.3 Å². The number of ether oxygens (including phenoxy) is 1. The third kappa shape index (κ3) is 3.27. The minimum absolute atomic E-state index is 0. The van der Waals surface area contributed by atoms with Gasteiger partial charge in [0.15, 0.2) is 0 Å². The summed E-state index contributed by atoms with van der Waals surface area (Å²) in [7, 11) is 1.53. The number of aliphatic hydroxyl groups is 1. The lowest BCUT2D eigenvalue weighted by Crippen LogP contribution is -2.23. The maximum atomic E-state index is 9.50. The number of methoxy groups -OCH3 is 1. The summed E-state index contributed by atoms with van der Waals surface area (Å²) in [6, 6.07) is 4.14. The average molecular weight is 234 g/mol. The van der Waals surface area contributed by atoms with E-state index in [1.807, 2.05) is 0 Å². The summed E-state index contributed by atoms with van der Waals surface area (Å²) in [6.45, 7) is 1.57. The van der Waals surface area contributed by atoms with E-state index in [0.717, 1.165) is 0 Å². The smallest absolute Gasteiger partial charge is 0.120 e. The molecule has 0 fully saturated rings. The van der Waals surface area contributed by atoms with Crippen molar-refractivity contribution in [3.8, 4) is 11.5 Å². The zero-order chi connectivity index (χ0) is 10.7. The minimum Gasteiger partial charge on any atom is -0.508 e. The van der Waals surface area contributed by atoms with Crippen molar-refractivity contribution in [1.82, 2.24) is 0 Å². The number of nitrogens with two attached hydrogens (primary N) is 1. The Hall–Kier alpha value is -0.970. The van der Waals surface area contributed by atoms with Gasteiger partial charge >= 0.3 is 0 Å². The lowest BCUT2D eigenvalue weighted by atomic mass is 10.0. The van der Waals surface area contributed by atoms with Crippen LogP contribution < -0.4 is 10.5 Å². The van der Waals surface area contributed by atoms with Crippen LogP contribution in [0.25, 0.3) is 0 Å². The van der Waals surface area contributed by atoms with Crippen LogP contribution in [0.3, 0.4) is 0 Å². The number of aliphatic hydroxyl groups excluding tert-OH is 1. The quantitative estimate of drug-likeness (QED) is 0.734. The molecule has 0 spiro atoms. The molecule has 4 nitrogen and oxygen atoms in total. The number of phenols is 1. The zero-order valence-electron chi connectivity index (χ0n) is 8.68. The van der Waals surface area contributed by atoms with Crippen LogP contribution in [0.2, 0.25) is 0 Å². The lowest BCUT2D eigenvalue weighted by Gasteiger charge is -2.17. The maximum absolute atomic E-state index is 9.50. The van der Waals surface area contributed by atoms with Crippen molar-refractivity contribution in [2.75, 3.05) is 7.11 Å². The number of hydrogen-bond donors (Lipinski definition) is 3. The highest BCUT2D eigenvalue weighted by atomic mass is 35.5. The van der Waals surface area contributed by atoms with Crippen LogP contribution in [0.15, 0.2) is 18.2 Å². The number of hydrogen-bond acceptors (Lipinski definition) is 4. The Morgan fingerprint density at radius 2 is 2.00 bits per heavy atom. The Bertz CT molecular complexity index is 318. The normalized spacial score (nSPS) is 13.9. The Balaban J connectivity index is 0.00000196. The number of aromatic hydroxyl groups is 1. The first-order valence-corrected chi connectivity index (χ1v) is 4.36. The summed E-state index contributed by atoms with van der Waals surface area (Å²) in [4.78, 5) is 0. The van der Waals surface area contributed by atoms with Crippen LogP contribution in [0, 0.1) is 0 Å². The van der Waals surface area contributed by atoms with Gasteiger partial charge in [-0.1, -0.05) is 0 Å². The van der Waals surface area contributed by atoms with Gasteiger partial charge in [-0.2, -0.15) is 0 Å². The molecule has 15 heavy (non-hydrogen) atoms. The molecule has 4 N–H and O–H groups in total. The standard InChI is InChI=1S/C10H15NO3.ClH/c1-6(12)10(11)8-5-7(14-2)3-4-9(8)13;/h3-6,10,12-13H,11H2,1-2H3;1H/t6-,10-;/m0./s1. The second-order valence-corrected chi connectivity index (χ2v) is 3.19. The summed E-state index contributed by atoms with van der Waals surface area (Å²) in [6.07, 6.45) is -0.715. The number of phenolic OH excluding ortho intramolecular Hbond substituents is 1. The van der Waals surface area contributed by atoms with Gasteiger partial charge < -0.3 is 20.7 Å². The molecule has 0 aliphatic heterocycles. The molecule has 0 saturated carbocycles. The Morgan fingerprint density at radius 3 is 2.47 bits per heavy atom. The van der Waals surface area contributed by atoms with Gasteiger partial charge in [0.1, 0.15) is 11.5 Å². The van der Waals surface area contributed by atoms with E-state index >= 15 is 0 Å². The van der Waals surface area contributed by atoms with E-state index in [1.54, 1.807) is 19.1 Å². The van der Waals surface area contributed by atoms with Crippen LogP contribution in [0.1, 0.15) is 18.5 Å². The fraction of sp³-hybridized carbons (Fsp3) is 0.400. The van der Waals surface area contributed by atoms with Crippen LogP contribution >= 0.6 is 12.4 Å². The van der Waals surface area contributed by atoms with Crippen molar-refractivity contribution in [2.24, 2.45) is 5.73 Å². The largest absolute Gasteiger partial charge is 0.508 e. The minimum atomic E-state index is -0.715. The van der Waals surface area contributed by atoms with Crippen LogP contribution in [0.4, 0.5) is 0 Å². The summed E-state index contributed by atoms with van der Waals surface area (Å²) < 4.78 is 4.99. The van der Waals surface area contributed by atoms with Gasteiger partial charge in [-0.05, 0) is 25.1 Å². The van der Waals surface area contributed by atoms with E-state index in [9.17, 15) is 10.2 Å². The highest BCUT2D eigenvalue weighted by Gasteiger charge is 2.16. The van der Waals surface area contributed by atoms with Crippen molar-refractivity contribution in [3.63, 3.8) is 0 Å². The molecule has 0 radical (unpaired) electrons. The molecular formula is C10H16ClNO3. The first-order valence-electron chi connectivity index (χ1n) is 4.36. The molecule has 1 aromatic carbocycles. The number of benzene rings is 1. The molecule has 0 saturated heterocycles. The van der Waals surface area contributed by atoms with Gasteiger partial charge in [0.2, 0.25) is 0 Å². The Kier molecular flexibility index (Phi) is 5.43. The molecule has 0 aromatic heterocycles. The van der Waals surface area contributed by atoms with Crippen molar-refractivity contribution < 1.29 is 14.9 Å². The summed E-state index contributed by atoms with van der Waals surface area (Å²) >= 11 is 0. The molecule has 0 unspecified atom stereocenters. The van der Waals surface area contributed by atoms with Crippen molar-refractivity contribution in [2.45, 2.75) is 19.1 Å². The molecule has 2 atom stereocenters. The molecular weight excluding hydrogens is 218 g/mol. The molecule has 0 heterocycles. The monoisotopic (exact) mass is 233 g/mol. The molecule has 1 rings (SSSR count). The second kappa shape index (κ2) is 5.80. The highest BCUT2D eigenvalue weighted by molar-refractivity contribution is 5.85. The Morgan fingerprint density at radius 1 is 1.40 bits per heavy atom. The first kappa shape index (κ1) is 14.0. The van der Waals surface area contributed by atoms with Gasteiger partial charge in [0, 0.05) is 5.56 Å². The topological polar surface area (TPSA) is 75.7 Å². The van der Waals surface area contributed by atoms with Crippen molar-refractivity contribution in [1.29, 1.82) is 0 Å². The lowest BCUT2D eigenvalue weighted by molar-refractivity contribution is 0.162. The summed E-state index contributed by atoms with van der Waals surface area (Å²) in [5.74, 6) is 0.674. The fourth-order valence-corrected chi connectivity index (χ4v) is 1.19. The summed E-state index contributed by atoms with van der Waals surface area (Å²) in [5, 5.41) is 18.8. The first-order chi connectivity index (χ1) is 6.56. The molecule has 0 aliphatic rings. The maximum Gasteiger partial charge on any atom is 0.120 e. The molecule has 0 bridgehead atoms. The zero-order valence-corrected chi connectivity index (χ0v) is 9.49. The van der Waals surface area contributed by atoms with E-state index in [1.165, 1.54) is 13.2 Å². The fourth-order valence-electron chi connectivity index (χ4n) is 1.19. The van der Waals surface area contributed by atoms with Gasteiger partial charge in [-0.25, -0.2) is 0 Å². The SMILES string of the molecule is COc1ccc(O)c([C@@H](N)[C@H](C)O)c1.Cl. The molecule has 5 heteroatoms. The molecule has 1 aromatic rings. The third-order valence-electron chi connectivity index (χ3n) is 2.11. The third-order valence-corrected chi connectivity index (χ3v) is 2.11. The Labute approximate surface area is 95.1 Å². The van der Waals surface area contributed by atoms with Crippen LogP contribution in [0.5, 0.6) is 11.5 Å². The van der Waals surface area contributed by atoms with E-state index in [4.69, 9.17) is 10.5 Å². The van der Waals surface area contributed by atoms with Gasteiger partial charge in [-0.3, -0.25) is 0 Å². The predicted molar refractivity (Wildman–Crippen MR) is 60.5 cm³/mol. The van der Waals surface area contributed by atoms with Crippen LogP contribution in [-0.2, 0) is 0 Å². The van der Waals surface area contributed by atoms with Gasteiger partial charge in [0.25, 0.3) is 0 Å². The predicted octanol–water partition coefficient (Wildman–Crippen LogP) is 1.20. The number of rotatable bonds is 3. The van der Waals surface area contributed by atoms with E-state index in [2.05, 4.69) is 0 Å². The second-order valence-electron chi connectivity index (χ2n) is 3.19. The highest BCUT2D eigenvalue weighted by Crippen LogP contribution is 2.28. The summed E-state index contributed by atoms with van der Waals surface area (Å²) in [5.41, 5.74) is 6.18. The van der Waals surface area contributed by atoms with E-state index < -0.39 is 12.1 Å². The number of halogens is 1. The van der Waals surface area contributed by atoms with E-state index in [0.29, 0.717) is 11.3 Å². The van der Waals surface area contributed by atoms with Crippen molar-refractivity contribution in [3.05, 3.63) is 23.8 Å². The van der Waals surface area contributed by atoms with Gasteiger partial charge in [-0.15, -0.1) is 12.4 Å². The van der Waals surface area contributed by atoms with E-state index in [-0.39, 0.29) is 18.2 Å².